The van der Waals surface area contributed by atoms with E-state index in [2.05, 4.69) is 48.8 Å². The molecule has 0 bridgehead atoms. The second-order valence-electron chi connectivity index (χ2n) is 4.85. The van der Waals surface area contributed by atoms with Gasteiger partial charge in [0.2, 0.25) is 0 Å². The van der Waals surface area contributed by atoms with E-state index in [1.54, 1.807) is 0 Å². The van der Waals surface area contributed by atoms with E-state index in [1.807, 2.05) is 20.0 Å². The summed E-state index contributed by atoms with van der Waals surface area (Å²) in [5, 5.41) is 0. The molecule has 0 heterocycles. The predicted octanol–water partition coefficient (Wildman–Crippen LogP) is 4.57. The highest BCUT2D eigenvalue weighted by molar-refractivity contribution is 5.97. The highest BCUT2D eigenvalue weighted by Crippen LogP contribution is 2.28. The molecule has 1 nitrogen and oxygen atoms in total. The Hall–Kier alpha value is -1.89. The van der Waals surface area contributed by atoms with Crippen molar-refractivity contribution in [2.75, 3.05) is 0 Å². The van der Waals surface area contributed by atoms with Gasteiger partial charge >= 0.3 is 0 Å². The van der Waals surface area contributed by atoms with Gasteiger partial charge in [-0.25, -0.2) is 0 Å². The van der Waals surface area contributed by atoms with Gasteiger partial charge in [-0.3, -0.25) is 4.99 Å². The summed E-state index contributed by atoms with van der Waals surface area (Å²) in [5.41, 5.74) is 7.33. The molecule has 0 saturated heterocycles. The van der Waals surface area contributed by atoms with Crippen LogP contribution in [0.4, 0.5) is 0 Å². The summed E-state index contributed by atoms with van der Waals surface area (Å²) in [7, 11) is 0. The number of aliphatic imine (C=N–C) groups is 1. The summed E-state index contributed by atoms with van der Waals surface area (Å²) in [6, 6.07) is 8.53. The van der Waals surface area contributed by atoms with Crippen molar-refractivity contribution < 1.29 is 0 Å². The molecule has 1 aromatic rings. The number of hydrogen-bond acceptors (Lipinski definition) is 1. The van der Waals surface area contributed by atoms with Gasteiger partial charge in [0.1, 0.15) is 0 Å². The molecule has 0 radical (unpaired) electrons. The second-order valence-corrected chi connectivity index (χ2v) is 4.85. The van der Waals surface area contributed by atoms with E-state index < -0.39 is 0 Å². The Morgan fingerprint density at radius 2 is 1.94 bits per heavy atom. The van der Waals surface area contributed by atoms with Gasteiger partial charge in [-0.15, -0.1) is 0 Å². The third kappa shape index (κ3) is 2.67. The van der Waals surface area contributed by atoms with Crippen LogP contribution in [0.15, 0.2) is 58.8 Å². The lowest BCUT2D eigenvalue weighted by atomic mass is 10.1. The zero-order valence-electron chi connectivity index (χ0n) is 11.3. The molecule has 1 heteroatoms. The van der Waals surface area contributed by atoms with Gasteiger partial charge in [0.15, 0.2) is 0 Å². The largest absolute Gasteiger partial charge is 0.261 e. The predicted molar refractivity (Wildman–Crippen MR) is 79.8 cm³/mol. The molecule has 0 spiro atoms. The van der Waals surface area contributed by atoms with Crippen molar-refractivity contribution in [3.8, 4) is 0 Å². The average Bonchev–Trinajstić information content (AvgIpc) is 2.79. The smallest absolute Gasteiger partial charge is 0.0395 e. The molecule has 1 aromatic carbocycles. The maximum Gasteiger partial charge on any atom is 0.0395 e. The van der Waals surface area contributed by atoms with E-state index in [4.69, 9.17) is 0 Å². The summed E-state index contributed by atoms with van der Waals surface area (Å²) >= 11 is 0. The zero-order chi connectivity index (χ0) is 13.1. The standard InChI is InChI=1S/C17H19N/c1-12(2)14(4)18-11-13(3)17-9-15-7-5-6-8-16(15)10-17/h5-9,11H,1,10H2,2-4H3/b13-11+,18-14?. The molecule has 1 aliphatic rings. The SMILES string of the molecule is C=C(C)C(C)=N/C=C(\C)C1=Cc2ccccc2C1. The van der Waals surface area contributed by atoms with E-state index >= 15 is 0 Å². The summed E-state index contributed by atoms with van der Waals surface area (Å²) in [6.07, 6.45) is 5.22. The van der Waals surface area contributed by atoms with Gasteiger partial charge < -0.3 is 0 Å². The Morgan fingerprint density at radius 3 is 2.61 bits per heavy atom. The topological polar surface area (TPSA) is 12.4 Å². The van der Waals surface area contributed by atoms with Crippen molar-refractivity contribution in [1.29, 1.82) is 0 Å². The van der Waals surface area contributed by atoms with Crippen molar-refractivity contribution >= 4 is 11.8 Å². The average molecular weight is 237 g/mol. The first-order valence-electron chi connectivity index (χ1n) is 6.24. The highest BCUT2D eigenvalue weighted by Gasteiger charge is 2.12. The molecular weight excluding hydrogens is 218 g/mol. The zero-order valence-corrected chi connectivity index (χ0v) is 11.3. The molecule has 0 N–H and O–H groups in total. The summed E-state index contributed by atoms with van der Waals surface area (Å²) in [4.78, 5) is 4.45. The summed E-state index contributed by atoms with van der Waals surface area (Å²) < 4.78 is 0. The van der Waals surface area contributed by atoms with Crippen molar-refractivity contribution in [3.63, 3.8) is 0 Å². The minimum Gasteiger partial charge on any atom is -0.261 e. The molecule has 1 aliphatic carbocycles. The minimum atomic E-state index is 0.991. The molecule has 0 aliphatic heterocycles. The Balaban J connectivity index is 2.19. The molecule has 0 atom stereocenters. The van der Waals surface area contributed by atoms with Gasteiger partial charge in [0, 0.05) is 11.9 Å². The molecule has 18 heavy (non-hydrogen) atoms. The first-order valence-corrected chi connectivity index (χ1v) is 6.24. The van der Waals surface area contributed by atoms with Crippen molar-refractivity contribution in [2.45, 2.75) is 27.2 Å². The quantitative estimate of drug-likeness (QED) is 0.683. The van der Waals surface area contributed by atoms with Crippen molar-refractivity contribution in [1.82, 2.24) is 0 Å². The lowest BCUT2D eigenvalue weighted by Gasteiger charge is -2.01. The van der Waals surface area contributed by atoms with E-state index in [9.17, 15) is 0 Å². The molecular formula is C17H19N. The van der Waals surface area contributed by atoms with Gasteiger partial charge in [0.25, 0.3) is 0 Å². The minimum absolute atomic E-state index is 0.991. The lowest BCUT2D eigenvalue weighted by Crippen LogP contribution is -1.91. The maximum absolute atomic E-state index is 4.45. The van der Waals surface area contributed by atoms with Gasteiger partial charge in [-0.2, -0.15) is 0 Å². The van der Waals surface area contributed by atoms with Crippen LogP contribution in [-0.4, -0.2) is 5.71 Å². The molecule has 0 saturated carbocycles. The number of benzene rings is 1. The van der Waals surface area contributed by atoms with E-state index in [1.165, 1.54) is 22.3 Å². The maximum atomic E-state index is 4.45. The van der Waals surface area contributed by atoms with Gasteiger partial charge in [-0.1, -0.05) is 36.9 Å². The van der Waals surface area contributed by atoms with E-state index in [0.717, 1.165) is 17.7 Å². The van der Waals surface area contributed by atoms with Crippen LogP contribution in [0.5, 0.6) is 0 Å². The molecule has 0 fully saturated rings. The molecule has 0 aromatic heterocycles. The highest BCUT2D eigenvalue weighted by atomic mass is 14.7. The Morgan fingerprint density at radius 1 is 1.22 bits per heavy atom. The normalized spacial score (nSPS) is 15.4. The number of fused-ring (bicyclic) bond motifs is 1. The molecule has 2 rings (SSSR count). The van der Waals surface area contributed by atoms with Crippen LogP contribution >= 0.6 is 0 Å². The fourth-order valence-corrected chi connectivity index (χ4v) is 1.92. The van der Waals surface area contributed by atoms with Gasteiger partial charge in [-0.05, 0) is 55.0 Å². The number of hydrogen-bond donors (Lipinski definition) is 0. The lowest BCUT2D eigenvalue weighted by molar-refractivity contribution is 1.18. The van der Waals surface area contributed by atoms with Crippen LogP contribution in [0.2, 0.25) is 0 Å². The van der Waals surface area contributed by atoms with Crippen molar-refractivity contribution in [2.24, 2.45) is 4.99 Å². The van der Waals surface area contributed by atoms with Crippen LogP contribution < -0.4 is 0 Å². The Bertz CT molecular complexity index is 571. The first kappa shape index (κ1) is 12.6. The number of allylic oxidation sites excluding steroid dienone is 3. The second kappa shape index (κ2) is 5.18. The van der Waals surface area contributed by atoms with Crippen LogP contribution in [-0.2, 0) is 6.42 Å². The van der Waals surface area contributed by atoms with Crippen LogP contribution in [0, 0.1) is 0 Å². The molecule has 0 unspecified atom stereocenters. The summed E-state index contributed by atoms with van der Waals surface area (Å²) in [6.45, 7) is 9.98. The number of nitrogens with zero attached hydrogens (tertiary/aromatic N) is 1. The van der Waals surface area contributed by atoms with Crippen LogP contribution in [0.3, 0.4) is 0 Å². The van der Waals surface area contributed by atoms with Crippen molar-refractivity contribution in [3.05, 3.63) is 64.9 Å². The van der Waals surface area contributed by atoms with E-state index in [0.29, 0.717) is 0 Å². The molecule has 92 valence electrons. The summed E-state index contributed by atoms with van der Waals surface area (Å²) in [5.74, 6) is 0. The Labute approximate surface area is 109 Å². The third-order valence-corrected chi connectivity index (χ3v) is 3.34. The Kier molecular flexibility index (Phi) is 3.61. The number of rotatable bonds is 3. The fourth-order valence-electron chi connectivity index (χ4n) is 1.92. The monoisotopic (exact) mass is 237 g/mol. The first-order chi connectivity index (χ1) is 8.58. The van der Waals surface area contributed by atoms with E-state index in [-0.39, 0.29) is 0 Å². The van der Waals surface area contributed by atoms with Crippen LogP contribution in [0.1, 0.15) is 31.9 Å². The molecule has 0 amide bonds. The van der Waals surface area contributed by atoms with Crippen LogP contribution in [0.25, 0.3) is 6.08 Å². The third-order valence-electron chi connectivity index (χ3n) is 3.34. The van der Waals surface area contributed by atoms with Gasteiger partial charge in [0.05, 0.1) is 0 Å². The fraction of sp³-hybridized carbons (Fsp3) is 0.235.